The van der Waals surface area contributed by atoms with Gasteiger partial charge in [0.05, 0.1) is 19.2 Å². The molecule has 2 rings (SSSR count). The Kier molecular flexibility index (Phi) is 9.39. The summed E-state index contributed by atoms with van der Waals surface area (Å²) in [5.74, 6) is 5.15. The maximum absolute atomic E-state index is 13.4. The fraction of sp³-hybridized carbons (Fsp3) is 0.421. The highest BCUT2D eigenvalue weighted by Crippen LogP contribution is 2.38. The summed E-state index contributed by atoms with van der Waals surface area (Å²) in [5.41, 5.74) is 0.434. The van der Waals surface area contributed by atoms with E-state index in [-0.39, 0.29) is 29.8 Å². The van der Waals surface area contributed by atoms with Crippen LogP contribution in [0.3, 0.4) is 0 Å². The van der Waals surface area contributed by atoms with E-state index in [1.807, 2.05) is 0 Å². The smallest absolute Gasteiger partial charge is 0.289 e. The third-order valence-electron chi connectivity index (χ3n) is 3.69. The van der Waals surface area contributed by atoms with E-state index in [9.17, 15) is 22.4 Å². The summed E-state index contributed by atoms with van der Waals surface area (Å²) >= 11 is 8.50. The normalized spacial score (nSPS) is 11.1. The molecule has 0 aromatic carbocycles. The van der Waals surface area contributed by atoms with E-state index in [4.69, 9.17) is 11.6 Å². The van der Waals surface area contributed by atoms with Crippen LogP contribution in [0.1, 0.15) is 26.2 Å². The predicted octanol–water partition coefficient (Wildman–Crippen LogP) is 5.82. The van der Waals surface area contributed by atoms with Crippen LogP contribution in [0.5, 0.6) is 0 Å². The average molecular weight is 480 g/mol. The molecule has 11 heteroatoms. The van der Waals surface area contributed by atoms with Gasteiger partial charge >= 0.3 is 6.18 Å². The third-order valence-corrected chi connectivity index (χ3v) is 6.26. The van der Waals surface area contributed by atoms with Gasteiger partial charge in [0, 0.05) is 23.9 Å². The molecule has 4 nitrogen and oxygen atoms in total. The minimum Gasteiger partial charge on any atom is -0.289 e. The molecule has 0 aliphatic carbocycles. The SMILES string of the molecule is CC#CCN(C(=O)CCCSCCC(F)(F)F)c1sc(-c2cncc(F)c2)nc1Cl. The van der Waals surface area contributed by atoms with E-state index in [0.29, 0.717) is 27.7 Å². The molecule has 0 bridgehead atoms. The number of alkyl halides is 3. The maximum Gasteiger partial charge on any atom is 0.389 e. The predicted molar refractivity (Wildman–Crippen MR) is 113 cm³/mol. The van der Waals surface area contributed by atoms with Gasteiger partial charge in [0.2, 0.25) is 5.91 Å². The van der Waals surface area contributed by atoms with Crippen LogP contribution in [0, 0.1) is 17.7 Å². The average Bonchev–Trinajstić information content (AvgIpc) is 3.05. The molecule has 0 aliphatic rings. The Morgan fingerprint density at radius 3 is 2.77 bits per heavy atom. The topological polar surface area (TPSA) is 46.1 Å². The van der Waals surface area contributed by atoms with Crippen LogP contribution < -0.4 is 4.90 Å². The Bertz CT molecular complexity index is 924. The van der Waals surface area contributed by atoms with E-state index in [0.717, 1.165) is 29.3 Å². The number of thioether (sulfide) groups is 1. The molecule has 0 saturated carbocycles. The number of amides is 1. The fourth-order valence-electron chi connectivity index (χ4n) is 2.29. The van der Waals surface area contributed by atoms with Gasteiger partial charge in [0.25, 0.3) is 0 Å². The van der Waals surface area contributed by atoms with Crippen LogP contribution in [-0.4, -0.2) is 40.1 Å². The lowest BCUT2D eigenvalue weighted by atomic mass is 10.3. The molecular formula is C19H18ClF4N3OS2. The lowest BCUT2D eigenvalue weighted by Crippen LogP contribution is -2.30. The van der Waals surface area contributed by atoms with Gasteiger partial charge < -0.3 is 0 Å². The summed E-state index contributed by atoms with van der Waals surface area (Å²) in [6, 6.07) is 1.27. The quantitative estimate of drug-likeness (QED) is 0.258. The molecule has 0 atom stereocenters. The molecule has 0 radical (unpaired) electrons. The molecule has 30 heavy (non-hydrogen) atoms. The number of carbonyl (C=O) groups excluding carboxylic acids is 1. The molecule has 0 N–H and O–H groups in total. The van der Waals surface area contributed by atoms with Crippen LogP contribution in [0.4, 0.5) is 22.6 Å². The van der Waals surface area contributed by atoms with Gasteiger partial charge in [-0.3, -0.25) is 14.7 Å². The first-order chi connectivity index (χ1) is 14.2. The van der Waals surface area contributed by atoms with Crippen LogP contribution in [0.25, 0.3) is 10.6 Å². The Morgan fingerprint density at radius 1 is 1.33 bits per heavy atom. The minimum absolute atomic E-state index is 0.0333. The van der Waals surface area contributed by atoms with Gasteiger partial charge in [0.15, 0.2) is 5.15 Å². The van der Waals surface area contributed by atoms with Gasteiger partial charge in [0.1, 0.15) is 15.8 Å². The van der Waals surface area contributed by atoms with E-state index in [1.54, 1.807) is 6.92 Å². The molecule has 0 fully saturated rings. The maximum atomic E-state index is 13.4. The molecule has 2 aromatic heterocycles. The van der Waals surface area contributed by atoms with Crippen LogP contribution in [0.2, 0.25) is 5.15 Å². The zero-order valence-corrected chi connectivity index (χ0v) is 18.3. The van der Waals surface area contributed by atoms with Crippen molar-refractivity contribution in [2.45, 2.75) is 32.4 Å². The molecule has 0 aliphatic heterocycles. The second-order valence-electron chi connectivity index (χ2n) is 5.99. The van der Waals surface area contributed by atoms with Crippen molar-refractivity contribution in [3.05, 3.63) is 29.4 Å². The van der Waals surface area contributed by atoms with Gasteiger partial charge in [-0.1, -0.05) is 28.9 Å². The van der Waals surface area contributed by atoms with Gasteiger partial charge in [-0.25, -0.2) is 9.37 Å². The van der Waals surface area contributed by atoms with Crippen molar-refractivity contribution < 1.29 is 22.4 Å². The van der Waals surface area contributed by atoms with Crippen molar-refractivity contribution in [3.8, 4) is 22.4 Å². The Balaban J connectivity index is 2.04. The lowest BCUT2D eigenvalue weighted by Gasteiger charge is -2.18. The molecular weight excluding hydrogens is 462 g/mol. The Hall–Kier alpha value is -1.83. The zero-order valence-electron chi connectivity index (χ0n) is 15.9. The highest BCUT2D eigenvalue weighted by Gasteiger charge is 2.26. The first-order valence-corrected chi connectivity index (χ1v) is 11.2. The van der Waals surface area contributed by atoms with Gasteiger partial charge in [-0.2, -0.15) is 24.9 Å². The summed E-state index contributed by atoms with van der Waals surface area (Å²) in [7, 11) is 0. The van der Waals surface area contributed by atoms with Gasteiger partial charge in [-0.15, -0.1) is 5.92 Å². The number of halogens is 5. The van der Waals surface area contributed by atoms with Crippen molar-refractivity contribution in [2.24, 2.45) is 0 Å². The van der Waals surface area contributed by atoms with Crippen molar-refractivity contribution >= 4 is 45.6 Å². The Morgan fingerprint density at radius 2 is 2.10 bits per heavy atom. The first-order valence-electron chi connectivity index (χ1n) is 8.83. The van der Waals surface area contributed by atoms with Crippen molar-refractivity contribution in [1.82, 2.24) is 9.97 Å². The number of aromatic nitrogens is 2. The molecule has 0 unspecified atom stereocenters. The molecule has 1 amide bonds. The van der Waals surface area contributed by atoms with E-state index in [2.05, 4.69) is 21.8 Å². The first kappa shape index (κ1) is 24.4. The summed E-state index contributed by atoms with van der Waals surface area (Å²) in [5, 5.41) is 0.880. The second-order valence-corrected chi connectivity index (χ2v) is 8.55. The van der Waals surface area contributed by atoms with E-state index < -0.39 is 18.4 Å². The molecule has 0 saturated heterocycles. The second kappa shape index (κ2) is 11.5. The van der Waals surface area contributed by atoms with E-state index in [1.165, 1.54) is 17.2 Å². The molecule has 162 valence electrons. The minimum atomic E-state index is -4.17. The number of thiazole rings is 1. The largest absolute Gasteiger partial charge is 0.389 e. The molecule has 0 spiro atoms. The number of carbonyl (C=O) groups is 1. The van der Waals surface area contributed by atoms with Crippen LogP contribution in [0.15, 0.2) is 18.5 Å². The summed E-state index contributed by atoms with van der Waals surface area (Å²) in [6.07, 6.45) is -1.95. The third kappa shape index (κ3) is 7.78. The number of nitrogens with zero attached hydrogens (tertiary/aromatic N) is 3. The van der Waals surface area contributed by atoms with Crippen molar-refractivity contribution in [3.63, 3.8) is 0 Å². The van der Waals surface area contributed by atoms with Crippen LogP contribution in [-0.2, 0) is 4.79 Å². The summed E-state index contributed by atoms with van der Waals surface area (Å²) in [6.45, 7) is 1.73. The molecule has 2 aromatic rings. The van der Waals surface area contributed by atoms with E-state index >= 15 is 0 Å². The summed E-state index contributed by atoms with van der Waals surface area (Å²) < 4.78 is 49.9. The highest BCUT2D eigenvalue weighted by atomic mass is 35.5. The van der Waals surface area contributed by atoms with Gasteiger partial charge in [-0.05, 0) is 25.2 Å². The number of rotatable bonds is 9. The number of hydrogen-bond donors (Lipinski definition) is 0. The standard InChI is InChI=1S/C19H18ClF4N3OS2/c1-2-3-7-27(15(28)5-4-8-29-9-6-19(22,23)24)18-16(20)26-17(30-18)13-10-14(21)12-25-11-13/h10-12H,4-9H2,1H3. The number of pyridine rings is 1. The fourth-order valence-corrected chi connectivity index (χ4v) is 4.53. The zero-order chi connectivity index (χ0) is 22.1. The highest BCUT2D eigenvalue weighted by molar-refractivity contribution is 7.99. The van der Waals surface area contributed by atoms with Crippen LogP contribution >= 0.6 is 34.7 Å². The number of anilines is 1. The number of hydrogen-bond acceptors (Lipinski definition) is 5. The summed E-state index contributed by atoms with van der Waals surface area (Å²) in [4.78, 5) is 22.1. The monoisotopic (exact) mass is 479 g/mol. The Labute approximate surface area is 185 Å². The molecule has 2 heterocycles. The lowest BCUT2D eigenvalue weighted by molar-refractivity contribution is -0.129. The van der Waals surface area contributed by atoms with Crippen molar-refractivity contribution in [2.75, 3.05) is 23.0 Å². The van der Waals surface area contributed by atoms with Crippen molar-refractivity contribution in [1.29, 1.82) is 0 Å².